The molecule has 3 nitrogen and oxygen atoms in total. The average molecular weight is 225 g/mol. The van der Waals surface area contributed by atoms with Crippen LogP contribution in [-0.4, -0.2) is 63.2 Å². The molecule has 0 unspecified atom stereocenters. The quantitative estimate of drug-likeness (QED) is 0.461. The first kappa shape index (κ1) is 15.4. The summed E-state index contributed by atoms with van der Waals surface area (Å²) in [6.07, 6.45) is 5.19. The summed E-state index contributed by atoms with van der Waals surface area (Å²) in [5.41, 5.74) is 0. The average Bonchev–Trinajstić information content (AvgIpc) is 2.19. The number of rotatable bonds is 9. The molecule has 0 aromatic heterocycles. The number of terminal acetylenes is 1. The van der Waals surface area contributed by atoms with Crippen molar-refractivity contribution in [1.82, 2.24) is 15.1 Å². The van der Waals surface area contributed by atoms with E-state index in [1.807, 2.05) is 0 Å². The second kappa shape index (κ2) is 9.65. The van der Waals surface area contributed by atoms with Gasteiger partial charge < -0.3 is 15.1 Å². The Morgan fingerprint density at radius 3 is 2.38 bits per heavy atom. The minimum Gasteiger partial charge on any atom is -0.308 e. The number of hydrogen-bond acceptors (Lipinski definition) is 3. The van der Waals surface area contributed by atoms with Crippen LogP contribution in [0.1, 0.15) is 13.8 Å². The molecule has 0 saturated carbocycles. The summed E-state index contributed by atoms with van der Waals surface area (Å²) in [5, 5.41) is 3.24. The highest BCUT2D eigenvalue weighted by atomic mass is 15.2. The van der Waals surface area contributed by atoms with Gasteiger partial charge in [-0.15, -0.1) is 6.42 Å². The molecule has 0 atom stereocenters. The Morgan fingerprint density at radius 2 is 1.88 bits per heavy atom. The van der Waals surface area contributed by atoms with Gasteiger partial charge in [0.2, 0.25) is 0 Å². The van der Waals surface area contributed by atoms with E-state index >= 15 is 0 Å². The van der Waals surface area contributed by atoms with Gasteiger partial charge in [0.25, 0.3) is 0 Å². The maximum absolute atomic E-state index is 5.19. The number of nitrogens with zero attached hydrogens (tertiary/aromatic N) is 2. The number of likely N-dealkylation sites (N-methyl/N-ethyl adjacent to an activating group) is 1. The van der Waals surface area contributed by atoms with E-state index in [4.69, 9.17) is 6.42 Å². The molecule has 0 spiro atoms. The molecule has 0 rings (SSSR count). The van der Waals surface area contributed by atoms with Gasteiger partial charge in [0.05, 0.1) is 6.54 Å². The molecule has 0 bridgehead atoms. The lowest BCUT2D eigenvalue weighted by molar-refractivity contribution is 0.220. The van der Waals surface area contributed by atoms with E-state index in [9.17, 15) is 0 Å². The molecule has 0 aliphatic heterocycles. The fraction of sp³-hybridized carbons (Fsp3) is 0.846. The van der Waals surface area contributed by atoms with Gasteiger partial charge in [0.1, 0.15) is 0 Å². The molecule has 0 heterocycles. The first-order valence-corrected chi connectivity index (χ1v) is 6.07. The SMILES string of the molecule is C#CCNCCN(CCN(C)C)CC(C)C. The predicted octanol–water partition coefficient (Wildman–Crippen LogP) is 0.729. The topological polar surface area (TPSA) is 18.5 Å². The molecule has 0 aliphatic rings. The largest absolute Gasteiger partial charge is 0.308 e. The van der Waals surface area contributed by atoms with E-state index in [1.54, 1.807) is 0 Å². The van der Waals surface area contributed by atoms with Crippen LogP contribution < -0.4 is 5.32 Å². The van der Waals surface area contributed by atoms with Crippen LogP contribution in [0.5, 0.6) is 0 Å². The van der Waals surface area contributed by atoms with Gasteiger partial charge in [-0.3, -0.25) is 0 Å². The van der Waals surface area contributed by atoms with Gasteiger partial charge in [-0.05, 0) is 20.0 Å². The Bertz CT molecular complexity index is 194. The van der Waals surface area contributed by atoms with E-state index in [-0.39, 0.29) is 0 Å². The molecular formula is C13H27N3. The first-order valence-electron chi connectivity index (χ1n) is 6.07. The summed E-state index contributed by atoms with van der Waals surface area (Å²) in [6, 6.07) is 0. The van der Waals surface area contributed by atoms with Crippen LogP contribution in [0, 0.1) is 18.3 Å². The van der Waals surface area contributed by atoms with Crippen LogP contribution in [0.4, 0.5) is 0 Å². The van der Waals surface area contributed by atoms with Crippen molar-refractivity contribution in [3.05, 3.63) is 0 Å². The highest BCUT2D eigenvalue weighted by molar-refractivity contribution is 4.86. The fourth-order valence-electron chi connectivity index (χ4n) is 1.55. The zero-order valence-electron chi connectivity index (χ0n) is 11.3. The molecule has 0 fully saturated rings. The van der Waals surface area contributed by atoms with Crippen LogP contribution in [0.25, 0.3) is 0 Å². The molecule has 94 valence electrons. The molecule has 0 radical (unpaired) electrons. The highest BCUT2D eigenvalue weighted by Crippen LogP contribution is 1.98. The van der Waals surface area contributed by atoms with E-state index in [2.05, 4.69) is 49.0 Å². The Morgan fingerprint density at radius 1 is 1.19 bits per heavy atom. The Hall–Kier alpha value is -0.560. The van der Waals surface area contributed by atoms with Gasteiger partial charge in [-0.2, -0.15) is 0 Å². The van der Waals surface area contributed by atoms with Crippen molar-refractivity contribution >= 4 is 0 Å². The van der Waals surface area contributed by atoms with Crippen LogP contribution in [0.15, 0.2) is 0 Å². The van der Waals surface area contributed by atoms with Gasteiger partial charge >= 0.3 is 0 Å². The lowest BCUT2D eigenvalue weighted by atomic mass is 10.2. The lowest BCUT2D eigenvalue weighted by Crippen LogP contribution is -2.38. The molecule has 16 heavy (non-hydrogen) atoms. The lowest BCUT2D eigenvalue weighted by Gasteiger charge is -2.25. The van der Waals surface area contributed by atoms with Crippen LogP contribution >= 0.6 is 0 Å². The van der Waals surface area contributed by atoms with Crippen LogP contribution in [0.3, 0.4) is 0 Å². The van der Waals surface area contributed by atoms with Crippen molar-refractivity contribution in [3.8, 4) is 12.3 Å². The summed E-state index contributed by atoms with van der Waals surface area (Å²) in [6.45, 7) is 10.6. The second-order valence-corrected chi connectivity index (χ2v) is 4.88. The maximum Gasteiger partial charge on any atom is 0.0574 e. The fourth-order valence-corrected chi connectivity index (χ4v) is 1.55. The number of nitrogens with one attached hydrogen (secondary N) is 1. The molecular weight excluding hydrogens is 198 g/mol. The number of hydrogen-bond donors (Lipinski definition) is 1. The summed E-state index contributed by atoms with van der Waals surface area (Å²) in [5.74, 6) is 3.31. The van der Waals surface area contributed by atoms with Gasteiger partial charge in [-0.1, -0.05) is 19.8 Å². The third kappa shape index (κ3) is 9.97. The smallest absolute Gasteiger partial charge is 0.0574 e. The first-order chi connectivity index (χ1) is 7.56. The maximum atomic E-state index is 5.19. The molecule has 0 aromatic carbocycles. The molecule has 0 amide bonds. The molecule has 0 aromatic rings. The van der Waals surface area contributed by atoms with Gasteiger partial charge in [-0.25, -0.2) is 0 Å². The Kier molecular flexibility index (Phi) is 9.31. The highest BCUT2D eigenvalue weighted by Gasteiger charge is 2.06. The van der Waals surface area contributed by atoms with E-state index in [0.29, 0.717) is 6.54 Å². The van der Waals surface area contributed by atoms with Crippen molar-refractivity contribution in [1.29, 1.82) is 0 Å². The molecule has 3 heteroatoms. The summed E-state index contributed by atoms with van der Waals surface area (Å²) in [4.78, 5) is 4.72. The third-order valence-corrected chi connectivity index (χ3v) is 2.32. The van der Waals surface area contributed by atoms with E-state index in [1.165, 1.54) is 0 Å². The monoisotopic (exact) mass is 225 g/mol. The predicted molar refractivity (Wildman–Crippen MR) is 71.5 cm³/mol. The summed E-state index contributed by atoms with van der Waals surface area (Å²) < 4.78 is 0. The molecule has 0 saturated heterocycles. The van der Waals surface area contributed by atoms with Crippen LogP contribution in [0.2, 0.25) is 0 Å². The Labute approximate surface area is 101 Å². The van der Waals surface area contributed by atoms with Crippen molar-refractivity contribution in [3.63, 3.8) is 0 Å². The van der Waals surface area contributed by atoms with Crippen molar-refractivity contribution < 1.29 is 0 Å². The van der Waals surface area contributed by atoms with Crippen molar-refractivity contribution in [2.45, 2.75) is 13.8 Å². The Balaban J connectivity index is 3.77. The zero-order chi connectivity index (χ0) is 12.4. The van der Waals surface area contributed by atoms with E-state index in [0.717, 1.165) is 38.6 Å². The summed E-state index contributed by atoms with van der Waals surface area (Å²) >= 11 is 0. The summed E-state index contributed by atoms with van der Waals surface area (Å²) in [7, 11) is 4.23. The van der Waals surface area contributed by atoms with Crippen molar-refractivity contribution in [2.24, 2.45) is 5.92 Å². The van der Waals surface area contributed by atoms with Gasteiger partial charge in [0, 0.05) is 32.7 Å². The molecule has 1 N–H and O–H groups in total. The minimum absolute atomic E-state index is 0.670. The molecule has 0 aliphatic carbocycles. The minimum atomic E-state index is 0.670. The standard InChI is InChI=1S/C13H27N3/c1-6-7-14-8-9-16(12-13(2)3)11-10-15(4)5/h1,13-14H,7-12H2,2-5H3. The second-order valence-electron chi connectivity index (χ2n) is 4.88. The van der Waals surface area contributed by atoms with Crippen molar-refractivity contribution in [2.75, 3.05) is 53.4 Å². The van der Waals surface area contributed by atoms with Crippen LogP contribution in [-0.2, 0) is 0 Å². The third-order valence-electron chi connectivity index (χ3n) is 2.32. The zero-order valence-corrected chi connectivity index (χ0v) is 11.3. The normalized spacial score (nSPS) is 11.4. The van der Waals surface area contributed by atoms with Gasteiger partial charge in [0.15, 0.2) is 0 Å². The van der Waals surface area contributed by atoms with E-state index < -0.39 is 0 Å².